The highest BCUT2D eigenvalue weighted by Crippen LogP contribution is 2.03. The van der Waals surface area contributed by atoms with E-state index in [2.05, 4.69) is 21.0 Å². The summed E-state index contributed by atoms with van der Waals surface area (Å²) in [6.45, 7) is 1.98. The Bertz CT molecular complexity index is 177. The van der Waals surface area contributed by atoms with Crippen LogP contribution in [0.15, 0.2) is 0 Å². The van der Waals surface area contributed by atoms with Gasteiger partial charge in [-0.15, -0.1) is 12.6 Å². The molecule has 0 rings (SSSR count). The van der Waals surface area contributed by atoms with Crippen LogP contribution in [0.25, 0.3) is 0 Å². The maximum atomic E-state index is 11.1. The van der Waals surface area contributed by atoms with Crippen molar-refractivity contribution >= 4 is 58.1 Å². The number of nitrogens with one attached hydrogen (secondary N) is 1. The van der Waals surface area contributed by atoms with Crippen molar-refractivity contribution in [2.45, 2.75) is 25.8 Å². The minimum Gasteiger partial charge on any atom is -0.393 e. The van der Waals surface area contributed by atoms with E-state index in [1.165, 1.54) is 0 Å². The molecule has 0 spiro atoms. The van der Waals surface area contributed by atoms with Gasteiger partial charge in [-0.25, -0.2) is 4.79 Å². The van der Waals surface area contributed by atoms with Crippen molar-refractivity contribution in [3.05, 3.63) is 0 Å². The van der Waals surface area contributed by atoms with E-state index < -0.39 is 0 Å². The summed E-state index contributed by atoms with van der Waals surface area (Å²) in [4.78, 5) is 11.1. The lowest BCUT2D eigenvalue weighted by molar-refractivity contribution is -0.133. The molecule has 0 heterocycles. The van der Waals surface area contributed by atoms with Crippen LogP contribution >= 0.6 is 47.9 Å². The van der Waals surface area contributed by atoms with Crippen LogP contribution in [-0.2, 0) is 7.86 Å². The minimum atomic E-state index is -0.364. The van der Waals surface area contributed by atoms with Gasteiger partial charge in [0.2, 0.25) is 0 Å². The summed E-state index contributed by atoms with van der Waals surface area (Å²) in [5, 5.41) is 2.75. The van der Waals surface area contributed by atoms with Gasteiger partial charge < -0.3 is 8.38 Å². The number of thiol groups is 1. The van der Waals surface area contributed by atoms with Gasteiger partial charge >= 0.3 is 5.97 Å². The van der Waals surface area contributed by atoms with E-state index in [1.807, 2.05) is 6.92 Å². The van der Waals surface area contributed by atoms with Crippen LogP contribution in [0.2, 0.25) is 0 Å². The van der Waals surface area contributed by atoms with Crippen molar-refractivity contribution in [2.75, 3.05) is 0 Å². The maximum absolute atomic E-state index is 11.1. The molecular formula is C6H10INO2S2. The lowest BCUT2D eigenvalue weighted by Gasteiger charge is -2.13. The van der Waals surface area contributed by atoms with Gasteiger partial charge in [0.1, 0.15) is 10.4 Å². The molecule has 70 valence electrons. The van der Waals surface area contributed by atoms with Crippen LogP contribution in [-0.4, -0.2) is 16.3 Å². The Morgan fingerprint density at radius 3 is 2.75 bits per heavy atom. The van der Waals surface area contributed by atoms with Crippen molar-refractivity contribution < 1.29 is 7.86 Å². The second-order valence-electron chi connectivity index (χ2n) is 2.19. The Hall–Kier alpha value is 0.440. The van der Waals surface area contributed by atoms with Crippen molar-refractivity contribution in [3.63, 3.8) is 0 Å². The molecule has 0 saturated carbocycles. The van der Waals surface area contributed by atoms with Crippen molar-refractivity contribution in [3.8, 4) is 0 Å². The first-order valence-corrected chi connectivity index (χ1v) is 5.17. The Morgan fingerprint density at radius 2 is 2.42 bits per heavy atom. The number of halogens is 1. The van der Waals surface area contributed by atoms with Gasteiger partial charge in [0, 0.05) is 0 Å². The van der Waals surface area contributed by atoms with Gasteiger partial charge in [-0.2, -0.15) is 0 Å². The summed E-state index contributed by atoms with van der Waals surface area (Å²) in [5.74, 6) is -0.311. The molecule has 12 heavy (non-hydrogen) atoms. The topological polar surface area (TPSA) is 38.3 Å². The molecule has 0 aromatic rings. The third-order valence-electron chi connectivity index (χ3n) is 1.24. The molecule has 0 aliphatic heterocycles. The number of hydrogen-bond donors (Lipinski definition) is 2. The third kappa shape index (κ3) is 5.15. The molecule has 0 bridgehead atoms. The number of carbonyl (C=O) groups is 1. The van der Waals surface area contributed by atoms with E-state index >= 15 is 0 Å². The first-order valence-electron chi connectivity index (χ1n) is 3.43. The fourth-order valence-electron chi connectivity index (χ4n) is 0.740. The van der Waals surface area contributed by atoms with E-state index in [0.717, 1.165) is 6.42 Å². The van der Waals surface area contributed by atoms with Crippen molar-refractivity contribution in [2.24, 2.45) is 0 Å². The van der Waals surface area contributed by atoms with Crippen LogP contribution in [0.4, 0.5) is 0 Å². The van der Waals surface area contributed by atoms with Gasteiger partial charge in [-0.1, -0.05) is 25.6 Å². The zero-order valence-electron chi connectivity index (χ0n) is 6.54. The quantitative estimate of drug-likeness (QED) is 0.471. The second-order valence-corrected chi connectivity index (χ2v) is 3.79. The van der Waals surface area contributed by atoms with Crippen LogP contribution in [0, 0.1) is 0 Å². The molecule has 1 unspecified atom stereocenters. The number of carbonyl (C=O) groups excluding carboxylic acids is 1. The van der Waals surface area contributed by atoms with E-state index in [-0.39, 0.29) is 12.0 Å². The molecule has 1 N–H and O–H groups in total. The highest BCUT2D eigenvalue weighted by molar-refractivity contribution is 14.1. The monoisotopic (exact) mass is 319 g/mol. The summed E-state index contributed by atoms with van der Waals surface area (Å²) in [5.41, 5.74) is 0. The Morgan fingerprint density at radius 1 is 1.83 bits per heavy atom. The summed E-state index contributed by atoms with van der Waals surface area (Å²) in [6.07, 6.45) is 1.59. The predicted octanol–water partition coefficient (Wildman–Crippen LogP) is 1.85. The van der Waals surface area contributed by atoms with Gasteiger partial charge in [0.05, 0.1) is 0 Å². The summed E-state index contributed by atoms with van der Waals surface area (Å²) in [6, 6.07) is -0.364. The molecule has 0 aliphatic carbocycles. The second kappa shape index (κ2) is 6.90. The summed E-state index contributed by atoms with van der Waals surface area (Å²) >= 11 is 10.1. The van der Waals surface area contributed by atoms with E-state index in [4.69, 9.17) is 12.2 Å². The fraction of sp³-hybridized carbons (Fsp3) is 0.667. The van der Waals surface area contributed by atoms with Crippen LogP contribution < -0.4 is 5.32 Å². The van der Waals surface area contributed by atoms with Crippen molar-refractivity contribution in [1.82, 2.24) is 5.32 Å². The van der Waals surface area contributed by atoms with E-state index in [0.29, 0.717) is 10.7 Å². The zero-order valence-corrected chi connectivity index (χ0v) is 10.4. The molecule has 3 nitrogen and oxygen atoms in total. The smallest absolute Gasteiger partial charge is 0.337 e. The minimum absolute atomic E-state index is 0.311. The Labute approximate surface area is 96.7 Å². The first kappa shape index (κ1) is 12.4. The number of thiocarbonyl (C=S) groups is 1. The first-order chi connectivity index (χ1) is 5.61. The molecule has 0 radical (unpaired) electrons. The maximum Gasteiger partial charge on any atom is 0.337 e. The molecular weight excluding hydrogens is 309 g/mol. The number of rotatable bonds is 4. The molecule has 0 aliphatic rings. The fourth-order valence-corrected chi connectivity index (χ4v) is 1.35. The molecule has 0 aromatic carbocycles. The number of hydrogen-bond acceptors (Lipinski definition) is 3. The largest absolute Gasteiger partial charge is 0.393 e. The Balaban J connectivity index is 4.02. The lowest BCUT2D eigenvalue weighted by atomic mass is 10.2. The average molecular weight is 319 g/mol. The normalized spacial score (nSPS) is 11.9. The third-order valence-corrected chi connectivity index (χ3v) is 1.92. The lowest BCUT2D eigenvalue weighted by Crippen LogP contribution is -2.38. The van der Waals surface area contributed by atoms with Gasteiger partial charge in [-0.05, 0) is 6.42 Å². The molecule has 0 saturated heterocycles. The van der Waals surface area contributed by atoms with Gasteiger partial charge in [0.15, 0.2) is 23.0 Å². The van der Waals surface area contributed by atoms with Crippen LogP contribution in [0.5, 0.6) is 0 Å². The van der Waals surface area contributed by atoms with E-state index in [9.17, 15) is 4.79 Å². The highest BCUT2D eigenvalue weighted by atomic mass is 127. The molecule has 1 atom stereocenters. The summed E-state index contributed by atoms with van der Waals surface area (Å²) in [7, 11) is 0. The molecule has 0 fully saturated rings. The zero-order chi connectivity index (χ0) is 9.56. The SMILES string of the molecule is CCCC(NC(=S)S)C(=O)OI. The summed E-state index contributed by atoms with van der Waals surface area (Å²) < 4.78 is 4.86. The van der Waals surface area contributed by atoms with Crippen LogP contribution in [0.3, 0.4) is 0 Å². The van der Waals surface area contributed by atoms with Crippen LogP contribution in [0.1, 0.15) is 19.8 Å². The standard InChI is InChI=1S/C6H10INO2S2/c1-2-3-4(5(9)10-7)8-6(11)12/h4H,2-3H2,1H3,(H2,8,11,12). The average Bonchev–Trinajstić information content (AvgIpc) is 2.01. The molecule has 6 heteroatoms. The highest BCUT2D eigenvalue weighted by Gasteiger charge is 2.18. The Kier molecular flexibility index (Phi) is 7.16. The van der Waals surface area contributed by atoms with E-state index in [1.54, 1.807) is 23.0 Å². The van der Waals surface area contributed by atoms with Crippen molar-refractivity contribution in [1.29, 1.82) is 0 Å². The van der Waals surface area contributed by atoms with Gasteiger partial charge in [-0.3, -0.25) is 0 Å². The predicted molar refractivity (Wildman–Crippen MR) is 63.5 cm³/mol. The molecule has 0 aromatic heterocycles. The molecule has 0 amide bonds. The van der Waals surface area contributed by atoms with Gasteiger partial charge in [0.25, 0.3) is 0 Å².